The van der Waals surface area contributed by atoms with E-state index in [-0.39, 0.29) is 0 Å². The van der Waals surface area contributed by atoms with E-state index in [2.05, 4.69) is 36.2 Å². The fourth-order valence-corrected chi connectivity index (χ4v) is 4.52. The van der Waals surface area contributed by atoms with Crippen LogP contribution in [-0.4, -0.2) is 37.8 Å². The van der Waals surface area contributed by atoms with Gasteiger partial charge in [0.05, 0.1) is 39.7 Å². The van der Waals surface area contributed by atoms with Gasteiger partial charge in [0.1, 0.15) is 11.6 Å². The number of aromatic nitrogens is 5. The molecule has 1 saturated heterocycles. The average molecular weight is 454 g/mol. The molecule has 7 nitrogen and oxygen atoms in total. The predicted molar refractivity (Wildman–Crippen MR) is 124 cm³/mol. The first-order chi connectivity index (χ1) is 15.1. The number of halogens is 2. The quantitative estimate of drug-likeness (QED) is 0.411. The number of nitrogens with zero attached hydrogens (tertiary/aromatic N) is 4. The minimum absolute atomic E-state index is 0.389. The molecule has 1 aliphatic heterocycles. The maximum absolute atomic E-state index is 6.34. The SMILES string of the molecule is Nc1ncc(-c2cnn(C3CCNCC3)c2)cc1-c1ncc(-c2c(Cl)cccc2Cl)[nH]1. The molecule has 0 atom stereocenters. The predicted octanol–water partition coefficient (Wildman–Crippen LogP) is 4.82. The number of aromatic amines is 1. The van der Waals surface area contributed by atoms with Crippen molar-refractivity contribution in [3.8, 4) is 33.8 Å². The maximum atomic E-state index is 6.34. The van der Waals surface area contributed by atoms with E-state index in [1.165, 1.54) is 0 Å². The highest BCUT2D eigenvalue weighted by Crippen LogP contribution is 2.35. The fourth-order valence-electron chi connectivity index (χ4n) is 3.92. The minimum Gasteiger partial charge on any atom is -0.383 e. The van der Waals surface area contributed by atoms with E-state index >= 15 is 0 Å². The first kappa shape index (κ1) is 20.1. The molecular formula is C22H21Cl2N7. The van der Waals surface area contributed by atoms with Crippen molar-refractivity contribution in [2.45, 2.75) is 18.9 Å². The van der Waals surface area contributed by atoms with E-state index in [0.29, 0.717) is 44.6 Å². The molecule has 1 fully saturated rings. The van der Waals surface area contributed by atoms with E-state index in [4.69, 9.17) is 28.9 Å². The van der Waals surface area contributed by atoms with Crippen LogP contribution in [-0.2, 0) is 0 Å². The second kappa shape index (κ2) is 8.34. The Morgan fingerprint density at radius 1 is 1.00 bits per heavy atom. The Hall–Kier alpha value is -2.87. The summed E-state index contributed by atoms with van der Waals surface area (Å²) in [6, 6.07) is 7.79. The minimum atomic E-state index is 0.389. The Labute approximate surface area is 189 Å². The summed E-state index contributed by atoms with van der Waals surface area (Å²) in [6.07, 6.45) is 9.56. The van der Waals surface area contributed by atoms with Gasteiger partial charge in [-0.15, -0.1) is 0 Å². The Bertz CT molecular complexity index is 1200. The third-order valence-electron chi connectivity index (χ3n) is 5.60. The van der Waals surface area contributed by atoms with Crippen LogP contribution >= 0.6 is 23.2 Å². The molecule has 158 valence electrons. The number of piperidine rings is 1. The summed E-state index contributed by atoms with van der Waals surface area (Å²) < 4.78 is 2.05. The number of H-pyrrole nitrogens is 1. The van der Waals surface area contributed by atoms with Gasteiger partial charge in [0.15, 0.2) is 0 Å². The van der Waals surface area contributed by atoms with Crippen LogP contribution in [0.3, 0.4) is 0 Å². The molecule has 5 rings (SSSR count). The zero-order valence-corrected chi connectivity index (χ0v) is 18.2. The zero-order valence-electron chi connectivity index (χ0n) is 16.6. The highest BCUT2D eigenvalue weighted by molar-refractivity contribution is 6.39. The molecule has 31 heavy (non-hydrogen) atoms. The third kappa shape index (κ3) is 3.92. The number of anilines is 1. The van der Waals surface area contributed by atoms with Gasteiger partial charge >= 0.3 is 0 Å². The number of nitrogens with two attached hydrogens (primary N) is 1. The number of nitrogens with one attached hydrogen (secondary N) is 2. The molecule has 4 N–H and O–H groups in total. The van der Waals surface area contributed by atoms with Gasteiger partial charge in [-0.2, -0.15) is 5.10 Å². The topological polar surface area (TPSA) is 97.4 Å². The monoisotopic (exact) mass is 453 g/mol. The lowest BCUT2D eigenvalue weighted by Gasteiger charge is -2.22. The van der Waals surface area contributed by atoms with Crippen LogP contribution in [0.5, 0.6) is 0 Å². The van der Waals surface area contributed by atoms with Crippen molar-refractivity contribution >= 4 is 29.0 Å². The van der Waals surface area contributed by atoms with Crippen LogP contribution in [0.15, 0.2) is 49.1 Å². The largest absolute Gasteiger partial charge is 0.383 e. The van der Waals surface area contributed by atoms with Gasteiger partial charge in [-0.25, -0.2) is 9.97 Å². The van der Waals surface area contributed by atoms with E-state index in [0.717, 1.165) is 37.1 Å². The molecule has 0 amide bonds. The third-order valence-corrected chi connectivity index (χ3v) is 6.23. The Morgan fingerprint density at radius 2 is 1.77 bits per heavy atom. The van der Waals surface area contributed by atoms with E-state index in [9.17, 15) is 0 Å². The zero-order chi connectivity index (χ0) is 21.4. The van der Waals surface area contributed by atoms with Crippen LogP contribution in [0.2, 0.25) is 10.0 Å². The molecule has 0 unspecified atom stereocenters. The van der Waals surface area contributed by atoms with Crippen molar-refractivity contribution in [3.63, 3.8) is 0 Å². The van der Waals surface area contributed by atoms with Crippen molar-refractivity contribution in [3.05, 3.63) is 59.1 Å². The van der Waals surface area contributed by atoms with Crippen molar-refractivity contribution in [1.29, 1.82) is 0 Å². The lowest BCUT2D eigenvalue weighted by molar-refractivity contribution is 0.343. The van der Waals surface area contributed by atoms with Crippen molar-refractivity contribution in [1.82, 2.24) is 30.0 Å². The summed E-state index contributed by atoms with van der Waals surface area (Å²) in [5.74, 6) is 0.990. The molecule has 9 heteroatoms. The molecule has 0 saturated carbocycles. The van der Waals surface area contributed by atoms with Gasteiger partial charge in [-0.1, -0.05) is 29.3 Å². The summed E-state index contributed by atoms with van der Waals surface area (Å²) in [5, 5.41) is 9.06. The molecule has 0 bridgehead atoms. The van der Waals surface area contributed by atoms with Crippen molar-refractivity contribution in [2.75, 3.05) is 18.8 Å². The smallest absolute Gasteiger partial charge is 0.141 e. The summed E-state index contributed by atoms with van der Waals surface area (Å²) in [4.78, 5) is 12.2. The van der Waals surface area contributed by atoms with Gasteiger partial charge < -0.3 is 16.0 Å². The number of hydrogen-bond donors (Lipinski definition) is 3. The molecule has 1 aromatic carbocycles. The molecule has 4 heterocycles. The molecule has 4 aromatic rings. The first-order valence-corrected chi connectivity index (χ1v) is 10.9. The van der Waals surface area contributed by atoms with E-state index in [1.807, 2.05) is 12.3 Å². The molecule has 3 aromatic heterocycles. The highest BCUT2D eigenvalue weighted by Gasteiger charge is 2.18. The molecule has 0 spiro atoms. The van der Waals surface area contributed by atoms with Crippen LogP contribution in [0, 0.1) is 0 Å². The Morgan fingerprint density at radius 3 is 2.55 bits per heavy atom. The summed E-state index contributed by atoms with van der Waals surface area (Å²) in [5.41, 5.74) is 10.2. The van der Waals surface area contributed by atoms with Gasteiger partial charge in [0.2, 0.25) is 0 Å². The molecule has 0 aliphatic carbocycles. The lowest BCUT2D eigenvalue weighted by Crippen LogP contribution is -2.29. The standard InChI is InChI=1S/C22H21Cl2N7/c23-17-2-1-3-18(24)20(17)19-11-28-22(30-19)16-8-13(9-27-21(16)25)14-10-29-31(12-14)15-4-6-26-7-5-15/h1-3,8-12,15,26H,4-7H2,(H2,25,27)(H,28,30). The number of rotatable bonds is 4. The Balaban J connectivity index is 1.47. The maximum Gasteiger partial charge on any atom is 0.141 e. The van der Waals surface area contributed by atoms with Gasteiger partial charge in [-0.3, -0.25) is 4.68 Å². The van der Waals surface area contributed by atoms with Gasteiger partial charge in [0.25, 0.3) is 0 Å². The number of benzene rings is 1. The van der Waals surface area contributed by atoms with Crippen LogP contribution < -0.4 is 11.1 Å². The molecular weight excluding hydrogens is 433 g/mol. The fraction of sp³-hybridized carbons (Fsp3) is 0.227. The number of nitrogen functional groups attached to an aromatic ring is 1. The highest BCUT2D eigenvalue weighted by atomic mass is 35.5. The second-order valence-corrected chi connectivity index (χ2v) is 8.40. The summed E-state index contributed by atoms with van der Waals surface area (Å²) >= 11 is 12.7. The van der Waals surface area contributed by atoms with Gasteiger partial charge in [0, 0.05) is 29.1 Å². The molecule has 1 aliphatic rings. The molecule has 0 radical (unpaired) electrons. The lowest BCUT2D eigenvalue weighted by atomic mass is 10.1. The Kier molecular flexibility index (Phi) is 5.40. The number of pyridine rings is 1. The van der Waals surface area contributed by atoms with Crippen molar-refractivity contribution < 1.29 is 0 Å². The van der Waals surface area contributed by atoms with Gasteiger partial charge in [-0.05, 0) is 44.1 Å². The van der Waals surface area contributed by atoms with Crippen LogP contribution in [0.25, 0.3) is 33.8 Å². The second-order valence-electron chi connectivity index (χ2n) is 7.59. The normalized spacial score (nSPS) is 14.8. The van der Waals surface area contributed by atoms with Crippen LogP contribution in [0.1, 0.15) is 18.9 Å². The summed E-state index contributed by atoms with van der Waals surface area (Å²) in [6.45, 7) is 2.04. The van der Waals surface area contributed by atoms with Crippen molar-refractivity contribution in [2.24, 2.45) is 0 Å². The van der Waals surface area contributed by atoms with Crippen LogP contribution in [0.4, 0.5) is 5.82 Å². The van der Waals surface area contributed by atoms with E-state index < -0.39 is 0 Å². The summed E-state index contributed by atoms with van der Waals surface area (Å²) in [7, 11) is 0. The van der Waals surface area contributed by atoms with E-state index in [1.54, 1.807) is 30.6 Å². The average Bonchev–Trinajstić information content (AvgIpc) is 3.45. The first-order valence-electron chi connectivity index (χ1n) is 10.1. The number of hydrogen-bond acceptors (Lipinski definition) is 5. The number of imidazole rings is 1.